The van der Waals surface area contributed by atoms with Gasteiger partial charge in [0.1, 0.15) is 23.0 Å². The van der Waals surface area contributed by atoms with Crippen molar-refractivity contribution in [2.75, 3.05) is 0 Å². The summed E-state index contributed by atoms with van der Waals surface area (Å²) >= 11 is 0. The molecule has 60 heavy (non-hydrogen) atoms. The van der Waals surface area contributed by atoms with Crippen LogP contribution in [0.5, 0.6) is 23.0 Å². The fraction of sp³-hybridized carbons (Fsp3) is 0.0377. The molecule has 8 aromatic carbocycles. The van der Waals surface area contributed by atoms with E-state index in [0.717, 1.165) is 88.7 Å². The molecule has 0 amide bonds. The lowest BCUT2D eigenvalue weighted by Crippen LogP contribution is -2.36. The van der Waals surface area contributed by atoms with Gasteiger partial charge in [0.15, 0.2) is 5.82 Å². The van der Waals surface area contributed by atoms with Crippen molar-refractivity contribution in [3.63, 3.8) is 0 Å². The van der Waals surface area contributed by atoms with E-state index in [2.05, 4.69) is 180 Å². The molecule has 5 heterocycles. The summed E-state index contributed by atoms with van der Waals surface area (Å²) in [6.07, 6.45) is 0. The number of hydrogen-bond acceptors (Lipinski definition) is 5. The van der Waals surface area contributed by atoms with Crippen LogP contribution in [0.4, 0.5) is 0 Å². The minimum atomic E-state index is -0.762. The first-order chi connectivity index (χ1) is 29.7. The number of aromatic nitrogens is 5. The van der Waals surface area contributed by atoms with E-state index in [1.807, 2.05) is 18.2 Å². The van der Waals surface area contributed by atoms with Crippen molar-refractivity contribution < 1.29 is 9.47 Å². The maximum absolute atomic E-state index is 7.12. The van der Waals surface area contributed by atoms with Gasteiger partial charge in [-0.05, 0) is 61.5 Å². The molecule has 11 aromatic rings. The van der Waals surface area contributed by atoms with Gasteiger partial charge in [0.05, 0.1) is 33.0 Å². The molecule has 282 valence electrons. The summed E-state index contributed by atoms with van der Waals surface area (Å²) in [7, 11) is 0. The van der Waals surface area contributed by atoms with Crippen LogP contribution in [0.3, 0.4) is 0 Å². The van der Waals surface area contributed by atoms with E-state index in [-0.39, 0.29) is 0 Å². The molecule has 2 aliphatic rings. The third-order valence-electron chi connectivity index (χ3n) is 12.4. The first-order valence-corrected chi connectivity index (χ1v) is 20.2. The number of para-hydroxylation sites is 7. The van der Waals surface area contributed by atoms with Crippen molar-refractivity contribution in [3.05, 3.63) is 210 Å². The van der Waals surface area contributed by atoms with Crippen LogP contribution in [0.2, 0.25) is 0 Å². The summed E-state index contributed by atoms with van der Waals surface area (Å²) in [4.78, 5) is 16.3. The summed E-state index contributed by atoms with van der Waals surface area (Å²) in [6.45, 7) is 2.13. The lowest BCUT2D eigenvalue weighted by atomic mass is 9.62. The van der Waals surface area contributed by atoms with E-state index in [9.17, 15) is 0 Å². The molecule has 2 aliphatic heterocycles. The topological polar surface area (TPSA) is 67.0 Å². The predicted molar refractivity (Wildman–Crippen MR) is 237 cm³/mol. The zero-order chi connectivity index (χ0) is 39.5. The summed E-state index contributed by atoms with van der Waals surface area (Å²) in [5.41, 5.74) is 9.33. The highest BCUT2D eigenvalue weighted by atomic mass is 16.5. The molecule has 7 heteroatoms. The molecule has 0 radical (unpaired) electrons. The molecule has 0 aliphatic carbocycles. The van der Waals surface area contributed by atoms with Gasteiger partial charge in [-0.15, -0.1) is 0 Å². The van der Waals surface area contributed by atoms with E-state index >= 15 is 0 Å². The lowest BCUT2D eigenvalue weighted by Gasteiger charge is -2.45. The van der Waals surface area contributed by atoms with Crippen LogP contribution in [0.25, 0.3) is 66.9 Å². The number of fused-ring (bicyclic) bond motifs is 14. The van der Waals surface area contributed by atoms with Crippen LogP contribution in [-0.4, -0.2) is 24.1 Å². The Balaban J connectivity index is 1.15. The zero-order valence-corrected chi connectivity index (χ0v) is 32.4. The fourth-order valence-electron chi connectivity index (χ4n) is 9.93. The standard InChI is InChI=1S/C53H33N5O2/c1-32-29-30-45-37(31-32)35-17-4-10-25-44(35)58(45)52-55-50(54-51(56-52)57-42-23-8-2-15-33(42)34-16-3-9-24-43(34)57)36-18-14-22-41-49(36)60-48-28-13-7-21-40(48)53(41)38-19-5-11-26-46(38)59-47-27-12-6-20-39(47)53/h2-31H,1H3. The van der Waals surface area contributed by atoms with Crippen LogP contribution in [0.1, 0.15) is 27.8 Å². The van der Waals surface area contributed by atoms with Crippen molar-refractivity contribution in [1.29, 1.82) is 0 Å². The van der Waals surface area contributed by atoms with Crippen LogP contribution < -0.4 is 9.47 Å². The van der Waals surface area contributed by atoms with Crippen molar-refractivity contribution in [3.8, 4) is 46.3 Å². The van der Waals surface area contributed by atoms with Crippen molar-refractivity contribution in [2.45, 2.75) is 12.3 Å². The molecular formula is C53H33N5O2. The molecule has 3 aromatic heterocycles. The number of hydrogen-bond donors (Lipinski definition) is 0. The van der Waals surface area contributed by atoms with Crippen LogP contribution >= 0.6 is 0 Å². The normalized spacial score (nSPS) is 13.5. The Morgan fingerprint density at radius 2 is 0.850 bits per heavy atom. The van der Waals surface area contributed by atoms with E-state index in [1.54, 1.807) is 0 Å². The molecule has 0 atom stereocenters. The van der Waals surface area contributed by atoms with Gasteiger partial charge >= 0.3 is 0 Å². The largest absolute Gasteiger partial charge is 0.457 e. The van der Waals surface area contributed by atoms with E-state index in [0.29, 0.717) is 23.5 Å². The highest BCUT2D eigenvalue weighted by molar-refractivity contribution is 6.10. The highest BCUT2D eigenvalue weighted by Crippen LogP contribution is 2.62. The molecule has 13 rings (SSSR count). The molecule has 1 spiro atoms. The number of aryl methyl sites for hydroxylation is 1. The average molecular weight is 772 g/mol. The van der Waals surface area contributed by atoms with Crippen molar-refractivity contribution in [2.24, 2.45) is 0 Å². The minimum Gasteiger partial charge on any atom is -0.457 e. The third-order valence-corrected chi connectivity index (χ3v) is 12.4. The van der Waals surface area contributed by atoms with Gasteiger partial charge in [-0.2, -0.15) is 15.0 Å². The highest BCUT2D eigenvalue weighted by Gasteiger charge is 2.51. The van der Waals surface area contributed by atoms with Gasteiger partial charge in [0, 0.05) is 43.8 Å². The molecule has 0 N–H and O–H groups in total. The molecule has 7 nitrogen and oxygen atoms in total. The summed E-state index contributed by atoms with van der Waals surface area (Å²) in [6, 6.07) is 63.3. The molecule has 0 saturated heterocycles. The first-order valence-electron chi connectivity index (χ1n) is 20.2. The third kappa shape index (κ3) is 4.40. The molecule has 0 unspecified atom stereocenters. The maximum atomic E-state index is 7.12. The van der Waals surface area contributed by atoms with Crippen LogP contribution in [-0.2, 0) is 5.41 Å². The van der Waals surface area contributed by atoms with Gasteiger partial charge < -0.3 is 9.47 Å². The van der Waals surface area contributed by atoms with Gasteiger partial charge in [-0.25, -0.2) is 0 Å². The summed E-state index contributed by atoms with van der Waals surface area (Å²) < 4.78 is 18.1. The Kier molecular flexibility index (Phi) is 6.73. The van der Waals surface area contributed by atoms with Crippen molar-refractivity contribution in [1.82, 2.24) is 24.1 Å². The van der Waals surface area contributed by atoms with Gasteiger partial charge in [0.25, 0.3) is 0 Å². The van der Waals surface area contributed by atoms with Crippen molar-refractivity contribution >= 4 is 43.6 Å². The van der Waals surface area contributed by atoms with E-state index < -0.39 is 5.41 Å². The lowest BCUT2D eigenvalue weighted by molar-refractivity contribution is 0.400. The summed E-state index contributed by atoms with van der Waals surface area (Å²) in [5, 5.41) is 4.52. The zero-order valence-electron chi connectivity index (χ0n) is 32.4. The molecule has 0 fully saturated rings. The Morgan fingerprint density at radius 1 is 0.400 bits per heavy atom. The minimum absolute atomic E-state index is 0.495. The predicted octanol–water partition coefficient (Wildman–Crippen LogP) is 12.6. The second-order valence-electron chi connectivity index (χ2n) is 15.6. The quantitative estimate of drug-likeness (QED) is 0.179. The van der Waals surface area contributed by atoms with Crippen LogP contribution in [0, 0.1) is 6.92 Å². The number of nitrogens with zero attached hydrogens (tertiary/aromatic N) is 5. The Labute approximate surface area is 344 Å². The molecule has 0 saturated carbocycles. The monoisotopic (exact) mass is 771 g/mol. The molecular weight excluding hydrogens is 739 g/mol. The smallest absolute Gasteiger partial charge is 0.240 e. The van der Waals surface area contributed by atoms with Gasteiger partial charge in [-0.3, -0.25) is 9.13 Å². The Bertz CT molecular complexity index is 3480. The average Bonchev–Trinajstić information content (AvgIpc) is 3.81. The molecule has 0 bridgehead atoms. The fourth-order valence-corrected chi connectivity index (χ4v) is 9.93. The maximum Gasteiger partial charge on any atom is 0.240 e. The number of benzene rings is 8. The number of ether oxygens (including phenoxy) is 2. The van der Waals surface area contributed by atoms with Crippen LogP contribution in [0.15, 0.2) is 182 Å². The van der Waals surface area contributed by atoms with Gasteiger partial charge in [-0.1, -0.05) is 133 Å². The first kappa shape index (κ1) is 33.0. The second-order valence-corrected chi connectivity index (χ2v) is 15.6. The Morgan fingerprint density at radius 3 is 1.42 bits per heavy atom. The summed E-state index contributed by atoms with van der Waals surface area (Å²) in [5.74, 6) is 4.58. The van der Waals surface area contributed by atoms with Gasteiger partial charge in [0.2, 0.25) is 11.9 Å². The van der Waals surface area contributed by atoms with E-state index in [4.69, 9.17) is 24.4 Å². The Hall–Kier alpha value is -8.03. The SMILES string of the molecule is Cc1ccc2c(c1)c1ccccc1n2-c1nc(-c2cccc3c2Oc2ccccc2C32c3ccccc3Oc3ccccc32)nc(-n2c3ccccc3c3ccccc32)n1. The van der Waals surface area contributed by atoms with E-state index in [1.165, 1.54) is 5.56 Å². The number of rotatable bonds is 3. The second kappa shape index (κ2) is 12.2.